The van der Waals surface area contributed by atoms with Crippen LogP contribution in [0, 0.1) is 6.92 Å². The molecule has 1 N–H and O–H groups in total. The number of benzene rings is 2. The largest absolute Gasteiger partial charge is 0.496 e. The lowest BCUT2D eigenvalue weighted by Crippen LogP contribution is -2.19. The summed E-state index contributed by atoms with van der Waals surface area (Å²) in [7, 11) is 5.56. The Labute approximate surface area is 217 Å². The molecule has 0 saturated heterocycles. The fourth-order valence-electron chi connectivity index (χ4n) is 3.41. The number of halogens is 1. The van der Waals surface area contributed by atoms with Crippen molar-refractivity contribution in [2.45, 2.75) is 6.92 Å². The summed E-state index contributed by atoms with van der Waals surface area (Å²) < 4.78 is 17.2. The molecule has 0 fully saturated rings. The maximum atomic E-state index is 12.8. The number of anilines is 1. The topological polar surface area (TPSA) is 103 Å². The number of carbonyl (C=O) groups excluding carboxylic acids is 1. The minimum absolute atomic E-state index is 0.273. The van der Waals surface area contributed by atoms with Crippen molar-refractivity contribution >= 4 is 27.7 Å². The van der Waals surface area contributed by atoms with Crippen LogP contribution in [0.1, 0.15) is 16.2 Å². The van der Waals surface area contributed by atoms with Crippen molar-refractivity contribution in [2.24, 2.45) is 0 Å². The van der Waals surface area contributed by atoms with Gasteiger partial charge in [-0.05, 0) is 59.9 Å². The monoisotopic (exact) mass is 551 g/mol. The molecule has 0 radical (unpaired) electrons. The summed E-state index contributed by atoms with van der Waals surface area (Å²) in [6.45, 7) is 3.03. The molecule has 4 aromatic rings. The smallest absolute Gasteiger partial charge is 0.256 e. The Morgan fingerprint density at radius 1 is 1.08 bits per heavy atom. The van der Waals surface area contributed by atoms with Gasteiger partial charge in [0.2, 0.25) is 11.7 Å². The van der Waals surface area contributed by atoms with Crippen LogP contribution in [0.5, 0.6) is 11.5 Å². The first-order chi connectivity index (χ1) is 17.3. The third-order valence-electron chi connectivity index (χ3n) is 5.30. The van der Waals surface area contributed by atoms with Gasteiger partial charge in [-0.25, -0.2) is 4.98 Å². The third-order valence-corrected chi connectivity index (χ3v) is 5.90. The van der Waals surface area contributed by atoms with Crippen molar-refractivity contribution in [3.05, 3.63) is 70.7 Å². The number of pyridine rings is 1. The molecule has 1 amide bonds. The summed E-state index contributed by atoms with van der Waals surface area (Å²) in [5.74, 6) is 2.40. The summed E-state index contributed by atoms with van der Waals surface area (Å²) in [6, 6.07) is 14.6. The molecule has 0 unspecified atom stereocenters. The van der Waals surface area contributed by atoms with Crippen LogP contribution in [0.25, 0.3) is 22.5 Å². The number of likely N-dealkylation sites (N-methyl/N-ethyl adjacent to an activating group) is 1. The first-order valence-corrected chi connectivity index (χ1v) is 12.0. The molecule has 0 atom stereocenters. The highest BCUT2D eigenvalue weighted by atomic mass is 79.9. The molecule has 2 aromatic carbocycles. The quantitative estimate of drug-likeness (QED) is 0.307. The number of aromatic nitrogens is 3. The first-order valence-electron chi connectivity index (χ1n) is 11.2. The van der Waals surface area contributed by atoms with Crippen molar-refractivity contribution in [2.75, 3.05) is 39.7 Å². The van der Waals surface area contributed by atoms with E-state index in [1.165, 1.54) is 0 Å². The summed E-state index contributed by atoms with van der Waals surface area (Å²) in [4.78, 5) is 23.4. The molecular weight excluding hydrogens is 526 g/mol. The average Bonchev–Trinajstić information content (AvgIpc) is 3.31. The second kappa shape index (κ2) is 11.3. The zero-order valence-electron chi connectivity index (χ0n) is 20.4. The molecule has 0 aliphatic rings. The molecule has 2 aromatic heterocycles. The number of hydrogen-bond donors (Lipinski definition) is 1. The molecule has 2 heterocycles. The predicted molar refractivity (Wildman–Crippen MR) is 140 cm³/mol. The fraction of sp³-hybridized carbons (Fsp3) is 0.231. The van der Waals surface area contributed by atoms with E-state index in [-0.39, 0.29) is 5.91 Å². The van der Waals surface area contributed by atoms with Crippen LogP contribution < -0.4 is 14.8 Å². The summed E-state index contributed by atoms with van der Waals surface area (Å²) >= 11 is 3.43. The molecule has 36 heavy (non-hydrogen) atoms. The van der Waals surface area contributed by atoms with Crippen LogP contribution in [-0.4, -0.2) is 60.3 Å². The van der Waals surface area contributed by atoms with E-state index in [0.29, 0.717) is 41.2 Å². The molecule has 0 aliphatic carbocycles. The highest BCUT2D eigenvalue weighted by Gasteiger charge is 2.14. The minimum atomic E-state index is -0.273. The van der Waals surface area contributed by atoms with Crippen LogP contribution in [0.2, 0.25) is 0 Å². The minimum Gasteiger partial charge on any atom is -0.496 e. The standard InChI is InChI=1S/C26H26BrN5O4/c1-16-29-25(31-36-16)19-9-10-20(22(13-19)34-4)17-5-7-18(8-6-17)26(33)30-24-14-23(21(27)15-28-24)35-12-11-32(2)3/h5-10,13-15H,11-12H2,1-4H3,(H,28,30,33). The Morgan fingerprint density at radius 3 is 2.50 bits per heavy atom. The molecule has 186 valence electrons. The predicted octanol–water partition coefficient (Wildman–Crippen LogP) is 5.07. The Balaban J connectivity index is 1.47. The molecule has 0 saturated carbocycles. The van der Waals surface area contributed by atoms with E-state index in [0.717, 1.165) is 27.7 Å². The van der Waals surface area contributed by atoms with Gasteiger partial charge in [0.05, 0.1) is 11.6 Å². The van der Waals surface area contributed by atoms with Crippen LogP contribution in [-0.2, 0) is 0 Å². The number of nitrogens with one attached hydrogen (secondary N) is 1. The maximum Gasteiger partial charge on any atom is 0.256 e. The van der Waals surface area contributed by atoms with Crippen LogP contribution >= 0.6 is 15.9 Å². The zero-order valence-corrected chi connectivity index (χ0v) is 22.0. The normalized spacial score (nSPS) is 10.9. The molecular formula is C26H26BrN5O4. The molecule has 0 bridgehead atoms. The molecule has 0 aliphatic heterocycles. The van der Waals surface area contributed by atoms with Crippen molar-refractivity contribution < 1.29 is 18.8 Å². The van der Waals surface area contributed by atoms with Crippen molar-refractivity contribution in [1.82, 2.24) is 20.0 Å². The van der Waals surface area contributed by atoms with E-state index in [9.17, 15) is 4.79 Å². The third kappa shape index (κ3) is 6.07. The molecule has 4 rings (SSSR count). The number of rotatable bonds is 9. The Hall–Kier alpha value is -3.76. The van der Waals surface area contributed by atoms with Crippen LogP contribution in [0.3, 0.4) is 0 Å². The highest BCUT2D eigenvalue weighted by molar-refractivity contribution is 9.10. The van der Waals surface area contributed by atoms with Gasteiger partial charge >= 0.3 is 0 Å². The van der Waals surface area contributed by atoms with Gasteiger partial charge in [0.15, 0.2) is 0 Å². The lowest BCUT2D eigenvalue weighted by molar-refractivity contribution is 0.102. The van der Waals surface area contributed by atoms with Gasteiger partial charge < -0.3 is 24.2 Å². The van der Waals surface area contributed by atoms with Crippen LogP contribution in [0.15, 0.2) is 63.7 Å². The van der Waals surface area contributed by atoms with E-state index < -0.39 is 0 Å². The fourth-order valence-corrected chi connectivity index (χ4v) is 3.74. The number of carbonyl (C=O) groups is 1. The second-order valence-electron chi connectivity index (χ2n) is 8.24. The van der Waals surface area contributed by atoms with Crippen molar-refractivity contribution in [1.29, 1.82) is 0 Å². The average molecular weight is 552 g/mol. The van der Waals surface area contributed by atoms with E-state index >= 15 is 0 Å². The van der Waals surface area contributed by atoms with E-state index in [1.54, 1.807) is 38.4 Å². The maximum absolute atomic E-state index is 12.8. The Kier molecular flexibility index (Phi) is 7.97. The number of ether oxygens (including phenoxy) is 2. The first kappa shape index (κ1) is 25.3. The van der Waals surface area contributed by atoms with E-state index in [2.05, 4.69) is 36.4 Å². The van der Waals surface area contributed by atoms with Gasteiger partial charge in [-0.2, -0.15) is 4.98 Å². The SMILES string of the molecule is COc1cc(-c2noc(C)n2)ccc1-c1ccc(C(=O)Nc2cc(OCCN(C)C)c(Br)cn2)cc1. The number of aryl methyl sites for hydroxylation is 1. The zero-order chi connectivity index (χ0) is 25.7. The van der Waals surface area contributed by atoms with Gasteiger partial charge in [-0.15, -0.1) is 0 Å². The van der Waals surface area contributed by atoms with E-state index in [4.69, 9.17) is 14.0 Å². The molecule has 0 spiro atoms. The van der Waals surface area contributed by atoms with Crippen LogP contribution in [0.4, 0.5) is 5.82 Å². The van der Waals surface area contributed by atoms with Gasteiger partial charge in [0.1, 0.15) is 23.9 Å². The number of hydrogen-bond acceptors (Lipinski definition) is 8. The van der Waals surface area contributed by atoms with Gasteiger partial charge in [0.25, 0.3) is 5.91 Å². The molecule has 10 heteroatoms. The Bertz CT molecular complexity index is 1350. The lowest BCUT2D eigenvalue weighted by Gasteiger charge is -2.13. The van der Waals surface area contributed by atoms with E-state index in [1.807, 2.05) is 49.3 Å². The summed E-state index contributed by atoms with van der Waals surface area (Å²) in [5.41, 5.74) is 3.06. The number of methoxy groups -OCH3 is 1. The summed E-state index contributed by atoms with van der Waals surface area (Å²) in [5, 5.41) is 6.78. The lowest BCUT2D eigenvalue weighted by atomic mass is 10.0. The second-order valence-corrected chi connectivity index (χ2v) is 9.09. The van der Waals surface area contributed by atoms with Gasteiger partial charge in [-0.3, -0.25) is 4.79 Å². The highest BCUT2D eigenvalue weighted by Crippen LogP contribution is 2.34. The van der Waals surface area contributed by atoms with Gasteiger partial charge in [0, 0.05) is 42.4 Å². The summed E-state index contributed by atoms with van der Waals surface area (Å²) in [6.07, 6.45) is 1.61. The number of nitrogens with zero attached hydrogens (tertiary/aromatic N) is 4. The number of amides is 1. The van der Waals surface area contributed by atoms with Crippen molar-refractivity contribution in [3.63, 3.8) is 0 Å². The van der Waals surface area contributed by atoms with Crippen molar-refractivity contribution in [3.8, 4) is 34.0 Å². The molecule has 9 nitrogen and oxygen atoms in total. The van der Waals surface area contributed by atoms with Gasteiger partial charge in [-0.1, -0.05) is 23.4 Å². The Morgan fingerprint density at radius 2 is 1.83 bits per heavy atom.